The van der Waals surface area contributed by atoms with Crippen molar-refractivity contribution in [1.82, 2.24) is 9.36 Å². The molecule has 1 heterocycles. The van der Waals surface area contributed by atoms with Crippen LogP contribution >= 0.6 is 23.3 Å². The Morgan fingerprint density at radius 3 is 2.72 bits per heavy atom. The van der Waals surface area contributed by atoms with E-state index in [2.05, 4.69) is 9.36 Å². The molecule has 96 valence electrons. The number of nitrogens with zero attached hydrogens (tertiary/aromatic N) is 2. The molecule has 0 spiro atoms. The molecule has 4 nitrogen and oxygen atoms in total. The summed E-state index contributed by atoms with van der Waals surface area (Å²) in [5, 5.41) is 10.0. The fourth-order valence-electron chi connectivity index (χ4n) is 1.40. The van der Waals surface area contributed by atoms with Crippen LogP contribution in [0.15, 0.2) is 28.6 Å². The van der Waals surface area contributed by atoms with Gasteiger partial charge in [-0.2, -0.15) is 4.37 Å². The molecule has 0 aliphatic rings. The lowest BCUT2D eigenvalue weighted by molar-refractivity contribution is 0.204. The monoisotopic (exact) mass is 281 g/mol. The summed E-state index contributed by atoms with van der Waals surface area (Å²) in [4.78, 5) is 4.35. The average molecular weight is 281 g/mol. The maximum atomic E-state index is 10.0. The molecule has 1 unspecified atom stereocenters. The van der Waals surface area contributed by atoms with Gasteiger partial charge in [0, 0.05) is 17.9 Å². The van der Waals surface area contributed by atoms with Gasteiger partial charge in [-0.25, -0.2) is 4.98 Å². The quantitative estimate of drug-likeness (QED) is 0.651. The molecule has 1 atom stereocenters. The van der Waals surface area contributed by atoms with Crippen LogP contribution in [0.1, 0.15) is 24.4 Å². The third-order valence-corrected chi connectivity index (χ3v) is 4.40. The Hall–Kier alpha value is -1.11. The molecule has 18 heavy (non-hydrogen) atoms. The molecule has 0 saturated heterocycles. The highest BCUT2D eigenvalue weighted by atomic mass is 32.2. The Morgan fingerprint density at radius 1 is 1.39 bits per heavy atom. The zero-order chi connectivity index (χ0) is 13.0. The number of aliphatic hydroxyl groups is 1. The number of nitrogens with two attached hydrogens (primary N) is 1. The van der Waals surface area contributed by atoms with Gasteiger partial charge in [0.1, 0.15) is 5.82 Å². The summed E-state index contributed by atoms with van der Waals surface area (Å²) in [5.41, 5.74) is 7.18. The number of rotatable bonds is 5. The summed E-state index contributed by atoms with van der Waals surface area (Å²) in [6, 6.07) is 7.28. The van der Waals surface area contributed by atoms with Crippen LogP contribution in [0, 0.1) is 0 Å². The number of anilines is 1. The Labute approximate surface area is 114 Å². The molecule has 3 N–H and O–H groups in total. The van der Waals surface area contributed by atoms with E-state index >= 15 is 0 Å². The van der Waals surface area contributed by atoms with E-state index in [-0.39, 0.29) is 0 Å². The standard InChI is InChI=1S/C12H15N3OS2/c1-2-11-14-12(18-15-11)17-7-10(16)8-3-5-9(13)6-4-8/h3-6,10,16H,2,7,13H2,1H3. The van der Waals surface area contributed by atoms with Crippen LogP contribution in [0.3, 0.4) is 0 Å². The lowest BCUT2D eigenvalue weighted by Crippen LogP contribution is -2.00. The van der Waals surface area contributed by atoms with Gasteiger partial charge in [0.15, 0.2) is 4.34 Å². The van der Waals surface area contributed by atoms with Crippen LogP contribution < -0.4 is 5.73 Å². The summed E-state index contributed by atoms with van der Waals surface area (Å²) in [5.74, 6) is 1.44. The third-order valence-electron chi connectivity index (χ3n) is 2.45. The topological polar surface area (TPSA) is 72.0 Å². The lowest BCUT2D eigenvalue weighted by Gasteiger charge is -2.09. The number of hydrogen-bond acceptors (Lipinski definition) is 6. The maximum absolute atomic E-state index is 10.0. The van der Waals surface area contributed by atoms with Gasteiger partial charge >= 0.3 is 0 Å². The van der Waals surface area contributed by atoms with Crippen molar-refractivity contribution in [2.75, 3.05) is 11.5 Å². The third kappa shape index (κ3) is 3.44. The van der Waals surface area contributed by atoms with Crippen molar-refractivity contribution >= 4 is 29.0 Å². The van der Waals surface area contributed by atoms with Crippen molar-refractivity contribution in [3.63, 3.8) is 0 Å². The molecule has 1 aromatic heterocycles. The molecule has 0 aliphatic heterocycles. The first-order valence-corrected chi connectivity index (χ1v) is 7.44. The van der Waals surface area contributed by atoms with Crippen molar-refractivity contribution in [3.8, 4) is 0 Å². The summed E-state index contributed by atoms with van der Waals surface area (Å²) < 4.78 is 5.11. The molecule has 0 bridgehead atoms. The summed E-state index contributed by atoms with van der Waals surface area (Å²) >= 11 is 2.91. The van der Waals surface area contributed by atoms with Gasteiger partial charge < -0.3 is 10.8 Å². The average Bonchev–Trinajstić information content (AvgIpc) is 2.85. The first-order valence-electron chi connectivity index (χ1n) is 5.68. The summed E-state index contributed by atoms with van der Waals surface area (Å²) in [6.45, 7) is 2.03. The minimum Gasteiger partial charge on any atom is -0.399 e. The zero-order valence-corrected chi connectivity index (χ0v) is 11.7. The number of benzene rings is 1. The molecule has 2 aromatic rings. The SMILES string of the molecule is CCc1nsc(SCC(O)c2ccc(N)cc2)n1. The smallest absolute Gasteiger partial charge is 0.170 e. The van der Waals surface area contributed by atoms with Crippen LogP contribution in [-0.4, -0.2) is 20.2 Å². The number of aromatic nitrogens is 2. The fraction of sp³-hybridized carbons (Fsp3) is 0.333. The predicted octanol–water partition coefficient (Wildman–Crippen LogP) is 2.51. The van der Waals surface area contributed by atoms with Crippen molar-refractivity contribution < 1.29 is 5.11 Å². The van der Waals surface area contributed by atoms with Crippen molar-refractivity contribution in [3.05, 3.63) is 35.7 Å². The van der Waals surface area contributed by atoms with Crippen molar-refractivity contribution in [2.24, 2.45) is 0 Å². The Morgan fingerprint density at radius 2 is 2.11 bits per heavy atom. The number of hydrogen-bond donors (Lipinski definition) is 2. The van der Waals surface area contributed by atoms with Crippen LogP contribution in [0.5, 0.6) is 0 Å². The first-order chi connectivity index (χ1) is 8.69. The van der Waals surface area contributed by atoms with E-state index in [0.29, 0.717) is 11.4 Å². The molecular weight excluding hydrogens is 266 g/mol. The maximum Gasteiger partial charge on any atom is 0.170 e. The number of aliphatic hydroxyl groups excluding tert-OH is 1. The predicted molar refractivity (Wildman–Crippen MR) is 75.8 cm³/mol. The largest absolute Gasteiger partial charge is 0.399 e. The molecule has 0 saturated carbocycles. The van der Waals surface area contributed by atoms with Crippen LogP contribution in [0.2, 0.25) is 0 Å². The highest BCUT2D eigenvalue weighted by molar-refractivity contribution is 8.00. The van der Waals surface area contributed by atoms with E-state index in [1.165, 1.54) is 23.3 Å². The highest BCUT2D eigenvalue weighted by Crippen LogP contribution is 2.26. The van der Waals surface area contributed by atoms with Gasteiger partial charge in [-0.1, -0.05) is 30.8 Å². The van der Waals surface area contributed by atoms with Gasteiger partial charge in [-0.15, -0.1) is 0 Å². The van der Waals surface area contributed by atoms with Gasteiger partial charge in [-0.3, -0.25) is 0 Å². The van der Waals surface area contributed by atoms with E-state index in [0.717, 1.165) is 22.1 Å². The molecule has 0 amide bonds. The number of thioether (sulfide) groups is 1. The molecule has 6 heteroatoms. The minimum atomic E-state index is -0.510. The normalized spacial score (nSPS) is 12.6. The second-order valence-corrected chi connectivity index (χ2v) is 5.84. The van der Waals surface area contributed by atoms with Gasteiger partial charge in [0.2, 0.25) is 0 Å². The zero-order valence-electron chi connectivity index (χ0n) is 10.0. The molecular formula is C12H15N3OS2. The fourth-order valence-corrected chi connectivity index (χ4v) is 3.09. The number of nitrogen functional groups attached to an aromatic ring is 1. The van der Waals surface area contributed by atoms with E-state index in [4.69, 9.17) is 5.73 Å². The second-order valence-electron chi connectivity index (χ2n) is 3.82. The number of aryl methyl sites for hydroxylation is 1. The highest BCUT2D eigenvalue weighted by Gasteiger charge is 2.10. The second kappa shape index (κ2) is 6.17. The van der Waals surface area contributed by atoms with Gasteiger partial charge in [-0.05, 0) is 29.2 Å². The minimum absolute atomic E-state index is 0.510. The lowest BCUT2D eigenvalue weighted by atomic mass is 10.1. The van der Waals surface area contributed by atoms with Crippen LogP contribution in [0.4, 0.5) is 5.69 Å². The summed E-state index contributed by atoms with van der Waals surface area (Å²) in [6.07, 6.45) is 0.335. The van der Waals surface area contributed by atoms with E-state index in [9.17, 15) is 5.11 Å². The molecule has 2 rings (SSSR count). The van der Waals surface area contributed by atoms with Crippen molar-refractivity contribution in [2.45, 2.75) is 23.8 Å². The van der Waals surface area contributed by atoms with E-state index < -0.39 is 6.10 Å². The van der Waals surface area contributed by atoms with Crippen LogP contribution in [0.25, 0.3) is 0 Å². The van der Waals surface area contributed by atoms with Crippen LogP contribution in [-0.2, 0) is 6.42 Å². The van der Waals surface area contributed by atoms with E-state index in [1.54, 1.807) is 12.1 Å². The van der Waals surface area contributed by atoms with Gasteiger partial charge in [0.25, 0.3) is 0 Å². The summed E-state index contributed by atoms with van der Waals surface area (Å²) in [7, 11) is 0. The van der Waals surface area contributed by atoms with Gasteiger partial charge in [0.05, 0.1) is 6.10 Å². The Balaban J connectivity index is 1.91. The molecule has 0 fully saturated rings. The van der Waals surface area contributed by atoms with E-state index in [1.807, 2.05) is 19.1 Å². The Kier molecular flexibility index (Phi) is 4.57. The Bertz CT molecular complexity index is 498. The first kappa shape index (κ1) is 13.3. The molecule has 0 aliphatic carbocycles. The van der Waals surface area contributed by atoms with Crippen molar-refractivity contribution in [1.29, 1.82) is 0 Å². The molecule has 0 radical (unpaired) electrons. The molecule has 1 aromatic carbocycles.